The van der Waals surface area contributed by atoms with E-state index in [0.29, 0.717) is 23.5 Å². The van der Waals surface area contributed by atoms with E-state index in [0.717, 1.165) is 22.9 Å². The van der Waals surface area contributed by atoms with Crippen molar-refractivity contribution in [1.29, 1.82) is 0 Å². The van der Waals surface area contributed by atoms with Crippen molar-refractivity contribution in [2.75, 3.05) is 11.9 Å². The maximum atomic E-state index is 13.7. The number of nitrogens with one attached hydrogen (secondary N) is 1. The first-order valence-electron chi connectivity index (χ1n) is 11.1. The second kappa shape index (κ2) is 8.53. The number of rotatable bonds is 6. The highest BCUT2D eigenvalue weighted by Crippen LogP contribution is 2.31. The molecule has 0 aliphatic heterocycles. The lowest BCUT2D eigenvalue weighted by molar-refractivity contribution is 0.591. The van der Waals surface area contributed by atoms with Crippen molar-refractivity contribution in [3.8, 4) is 0 Å². The molecule has 1 N–H and O–H groups in total. The number of nitrogens with zero attached hydrogens (tertiary/aromatic N) is 4. The molecule has 172 valence electrons. The number of sulfone groups is 1. The molecule has 5 rings (SSSR count). The first-order chi connectivity index (χ1) is 16.4. The fourth-order valence-corrected chi connectivity index (χ4v) is 6.19. The molecule has 0 saturated heterocycles. The third kappa shape index (κ3) is 3.80. The van der Waals surface area contributed by atoms with Crippen LogP contribution in [-0.2, 0) is 16.3 Å². The predicted octanol–water partition coefficient (Wildman–Crippen LogP) is 4.69. The smallest absolute Gasteiger partial charge is 0.230 e. The van der Waals surface area contributed by atoms with E-state index >= 15 is 0 Å². The van der Waals surface area contributed by atoms with Gasteiger partial charge in [-0.15, -0.1) is 5.10 Å². The number of aromatic nitrogens is 4. The highest BCUT2D eigenvalue weighted by molar-refractivity contribution is 7.91. The summed E-state index contributed by atoms with van der Waals surface area (Å²) in [5.74, 6) is 0.607. The Morgan fingerprint density at radius 3 is 2.32 bits per heavy atom. The monoisotopic (exact) mass is 471 g/mol. The summed E-state index contributed by atoms with van der Waals surface area (Å²) in [7, 11) is -3.93. The molecule has 2 aromatic heterocycles. The fraction of sp³-hybridized carbons (Fsp3) is 0.192. The van der Waals surface area contributed by atoms with Crippen LogP contribution in [-0.4, -0.2) is 34.8 Å². The summed E-state index contributed by atoms with van der Waals surface area (Å²) in [4.78, 5) is 4.97. The summed E-state index contributed by atoms with van der Waals surface area (Å²) in [6.07, 6.45) is 0.812. The van der Waals surface area contributed by atoms with Crippen molar-refractivity contribution in [3.05, 3.63) is 89.0 Å². The third-order valence-corrected chi connectivity index (χ3v) is 7.85. The van der Waals surface area contributed by atoms with Gasteiger partial charge in [-0.05, 0) is 56.0 Å². The van der Waals surface area contributed by atoms with Gasteiger partial charge in [-0.1, -0.05) is 65.4 Å². The number of hydrogen-bond acceptors (Lipinski definition) is 6. The standard InChI is InChI=1S/C26H25N5O2S/c1-17-15-18(2)23(19(3)16-17)34(32,33)26-25-28-24(27-14-13-20-9-5-4-6-10-20)21-11-7-8-12-22(21)31(25)30-29-26/h4-12,15-16H,13-14H2,1-3H3,(H,27,28). The van der Waals surface area contributed by atoms with Gasteiger partial charge in [0.1, 0.15) is 5.82 Å². The minimum atomic E-state index is -3.93. The molecule has 0 aliphatic rings. The average molecular weight is 472 g/mol. The Bertz CT molecular complexity index is 1600. The summed E-state index contributed by atoms with van der Waals surface area (Å²) in [6, 6.07) is 21.5. The molecular formula is C26H25N5O2S. The molecule has 0 fully saturated rings. The van der Waals surface area contributed by atoms with Gasteiger partial charge in [0.2, 0.25) is 14.9 Å². The molecule has 7 nitrogen and oxygen atoms in total. The lowest BCUT2D eigenvalue weighted by Gasteiger charge is -2.12. The minimum Gasteiger partial charge on any atom is -0.369 e. The van der Waals surface area contributed by atoms with Crippen molar-refractivity contribution < 1.29 is 8.42 Å². The maximum Gasteiger partial charge on any atom is 0.230 e. The molecule has 0 bridgehead atoms. The van der Waals surface area contributed by atoms with E-state index in [1.165, 1.54) is 10.1 Å². The van der Waals surface area contributed by atoms with Crippen LogP contribution in [0, 0.1) is 20.8 Å². The maximum absolute atomic E-state index is 13.7. The van der Waals surface area contributed by atoms with Gasteiger partial charge in [0.05, 0.1) is 10.4 Å². The zero-order valence-corrected chi connectivity index (χ0v) is 20.1. The number of fused-ring (bicyclic) bond motifs is 3. The topological polar surface area (TPSA) is 89.2 Å². The SMILES string of the molecule is Cc1cc(C)c(S(=O)(=O)c2nnn3c2nc(NCCc2ccccc2)c2ccccc23)c(C)c1. The molecule has 0 saturated carbocycles. The van der Waals surface area contributed by atoms with Gasteiger partial charge in [-0.2, -0.15) is 4.52 Å². The zero-order valence-electron chi connectivity index (χ0n) is 19.3. The molecule has 5 aromatic rings. The molecule has 0 radical (unpaired) electrons. The van der Waals surface area contributed by atoms with Crippen molar-refractivity contribution in [3.63, 3.8) is 0 Å². The molecule has 8 heteroatoms. The number of para-hydroxylation sites is 1. The van der Waals surface area contributed by atoms with Gasteiger partial charge in [-0.3, -0.25) is 0 Å². The summed E-state index contributed by atoms with van der Waals surface area (Å²) in [5, 5.41) is 12.4. The van der Waals surface area contributed by atoms with Crippen LogP contribution in [0.25, 0.3) is 16.6 Å². The van der Waals surface area contributed by atoms with Crippen LogP contribution in [0.3, 0.4) is 0 Å². The molecule has 2 heterocycles. The highest BCUT2D eigenvalue weighted by Gasteiger charge is 2.30. The van der Waals surface area contributed by atoms with Crippen LogP contribution in [0.2, 0.25) is 0 Å². The first-order valence-corrected chi connectivity index (χ1v) is 12.6. The van der Waals surface area contributed by atoms with Crippen LogP contribution < -0.4 is 5.32 Å². The zero-order chi connectivity index (χ0) is 23.9. The van der Waals surface area contributed by atoms with E-state index in [1.807, 2.05) is 61.5 Å². The Balaban J connectivity index is 1.63. The molecular weight excluding hydrogens is 446 g/mol. The summed E-state index contributed by atoms with van der Waals surface area (Å²) in [6.45, 7) is 6.21. The molecule has 3 aromatic carbocycles. The number of hydrogen-bond donors (Lipinski definition) is 1. The Kier molecular flexibility index (Phi) is 5.53. The fourth-order valence-electron chi connectivity index (χ4n) is 4.51. The molecule has 0 unspecified atom stereocenters. The van der Waals surface area contributed by atoms with Crippen LogP contribution in [0.15, 0.2) is 76.7 Å². The molecule has 34 heavy (non-hydrogen) atoms. The van der Waals surface area contributed by atoms with Crippen LogP contribution in [0.1, 0.15) is 22.3 Å². The molecule has 0 spiro atoms. The summed E-state index contributed by atoms with van der Waals surface area (Å²) < 4.78 is 29.0. The number of benzene rings is 3. The Labute approximate surface area is 198 Å². The number of aryl methyl sites for hydroxylation is 3. The van der Waals surface area contributed by atoms with Gasteiger partial charge in [0, 0.05) is 11.9 Å². The second-order valence-corrected chi connectivity index (χ2v) is 10.3. The second-order valence-electron chi connectivity index (χ2n) is 8.50. The van der Waals surface area contributed by atoms with Gasteiger partial charge < -0.3 is 5.32 Å². The van der Waals surface area contributed by atoms with Crippen LogP contribution in [0.4, 0.5) is 5.82 Å². The van der Waals surface area contributed by atoms with Crippen molar-refractivity contribution in [1.82, 2.24) is 19.8 Å². The van der Waals surface area contributed by atoms with Crippen molar-refractivity contribution in [2.24, 2.45) is 0 Å². The molecule has 0 aliphatic carbocycles. The van der Waals surface area contributed by atoms with Crippen molar-refractivity contribution in [2.45, 2.75) is 37.1 Å². The van der Waals surface area contributed by atoms with Gasteiger partial charge in [-0.25, -0.2) is 13.4 Å². The van der Waals surface area contributed by atoms with E-state index in [4.69, 9.17) is 4.98 Å². The lowest BCUT2D eigenvalue weighted by Crippen LogP contribution is -2.11. The van der Waals surface area contributed by atoms with Gasteiger partial charge in [0.15, 0.2) is 5.65 Å². The van der Waals surface area contributed by atoms with E-state index in [-0.39, 0.29) is 15.6 Å². The van der Waals surface area contributed by atoms with E-state index in [1.54, 1.807) is 13.8 Å². The third-order valence-electron chi connectivity index (χ3n) is 5.90. The van der Waals surface area contributed by atoms with Gasteiger partial charge in [0.25, 0.3) is 0 Å². The average Bonchev–Trinajstić information content (AvgIpc) is 3.24. The molecule has 0 amide bonds. The van der Waals surface area contributed by atoms with E-state index in [2.05, 4.69) is 27.8 Å². The van der Waals surface area contributed by atoms with Crippen LogP contribution in [0.5, 0.6) is 0 Å². The summed E-state index contributed by atoms with van der Waals surface area (Å²) >= 11 is 0. The van der Waals surface area contributed by atoms with Crippen LogP contribution >= 0.6 is 0 Å². The Morgan fingerprint density at radius 1 is 0.912 bits per heavy atom. The number of anilines is 1. The quantitative estimate of drug-likeness (QED) is 0.386. The Morgan fingerprint density at radius 2 is 1.59 bits per heavy atom. The highest BCUT2D eigenvalue weighted by atomic mass is 32.2. The first kappa shape index (κ1) is 22.0. The molecule has 0 atom stereocenters. The largest absolute Gasteiger partial charge is 0.369 e. The predicted molar refractivity (Wildman–Crippen MR) is 133 cm³/mol. The van der Waals surface area contributed by atoms with Gasteiger partial charge >= 0.3 is 0 Å². The van der Waals surface area contributed by atoms with Crippen molar-refractivity contribution >= 4 is 32.2 Å². The minimum absolute atomic E-state index is 0.139. The normalized spacial score (nSPS) is 11.9. The Hall–Kier alpha value is -3.78. The lowest BCUT2D eigenvalue weighted by atomic mass is 10.1. The van der Waals surface area contributed by atoms with E-state index in [9.17, 15) is 8.42 Å². The van der Waals surface area contributed by atoms with E-state index < -0.39 is 9.84 Å². The summed E-state index contributed by atoms with van der Waals surface area (Å²) in [5.41, 5.74) is 4.53.